The highest BCUT2D eigenvalue weighted by atomic mass is 15.1. The Balaban J connectivity index is 0.000001000. The number of nitrogens with zero attached hydrogens (tertiary/aromatic N) is 4. The number of benzene rings is 2. The summed E-state index contributed by atoms with van der Waals surface area (Å²) in [4.78, 5) is 2.84. The minimum Gasteiger partial charge on any atom is -0.341 e. The van der Waals surface area contributed by atoms with E-state index in [4.69, 9.17) is 5.53 Å². The third kappa shape index (κ3) is 1.44. The maximum absolute atomic E-state index is 8.51. The summed E-state index contributed by atoms with van der Waals surface area (Å²) >= 11 is 0. The van der Waals surface area contributed by atoms with E-state index >= 15 is 0 Å². The van der Waals surface area contributed by atoms with E-state index in [9.17, 15) is 0 Å². The molecule has 4 nitrogen and oxygen atoms in total. The first-order valence-electron chi connectivity index (χ1n) is 5.91. The quantitative estimate of drug-likeness (QED) is 0.334. The molecule has 0 aliphatic heterocycles. The Labute approximate surface area is 107 Å². The molecule has 0 aliphatic carbocycles. The van der Waals surface area contributed by atoms with Crippen molar-refractivity contribution in [3.05, 3.63) is 52.9 Å². The smallest absolute Gasteiger partial charge is 0.0491 e. The summed E-state index contributed by atoms with van der Waals surface area (Å²) in [6, 6.07) is 14.1. The van der Waals surface area contributed by atoms with Crippen LogP contribution in [0.4, 0.5) is 5.69 Å². The van der Waals surface area contributed by atoms with Crippen LogP contribution in [-0.2, 0) is 6.54 Å². The van der Waals surface area contributed by atoms with Crippen LogP contribution >= 0.6 is 0 Å². The molecular weight excluding hydrogens is 224 g/mol. The maximum Gasteiger partial charge on any atom is 0.0491 e. The van der Waals surface area contributed by atoms with E-state index in [0.29, 0.717) is 5.69 Å². The fourth-order valence-corrected chi connectivity index (χ4v) is 2.50. The van der Waals surface area contributed by atoms with Crippen molar-refractivity contribution in [1.82, 2.24) is 4.57 Å². The predicted molar refractivity (Wildman–Crippen MR) is 78.2 cm³/mol. The SMILES string of the molecule is CCn1c2ccccc2c2cc(N=[N+]=[N-])ccc21.[HH].[HH]. The molecule has 0 radical (unpaired) electrons. The van der Waals surface area contributed by atoms with Gasteiger partial charge in [-0.1, -0.05) is 29.4 Å². The molecule has 3 aromatic rings. The number of aryl methyl sites for hydroxylation is 1. The summed E-state index contributed by atoms with van der Waals surface area (Å²) in [5.41, 5.74) is 11.6. The zero-order valence-corrected chi connectivity index (χ0v) is 10.0. The standard InChI is InChI=1S/C14H12N4.2H2/c1-2-18-13-6-4-3-5-11(13)12-9-10(16-17-15)7-8-14(12)18;;/h3-9H,2H2,1H3;2*1H. The Hall–Kier alpha value is -2.45. The molecule has 0 spiro atoms. The number of fused-ring (bicyclic) bond motifs is 3. The van der Waals surface area contributed by atoms with Crippen molar-refractivity contribution in [2.75, 3.05) is 0 Å². The van der Waals surface area contributed by atoms with Gasteiger partial charge in [-0.3, -0.25) is 0 Å². The molecule has 2 aromatic carbocycles. The van der Waals surface area contributed by atoms with E-state index in [1.54, 1.807) is 0 Å². The number of hydrogen-bond acceptors (Lipinski definition) is 1. The van der Waals surface area contributed by atoms with Gasteiger partial charge in [0.25, 0.3) is 0 Å². The Morgan fingerprint density at radius 1 is 1.17 bits per heavy atom. The maximum atomic E-state index is 8.51. The van der Waals surface area contributed by atoms with E-state index in [-0.39, 0.29) is 2.85 Å². The fraction of sp³-hybridized carbons (Fsp3) is 0.143. The lowest BCUT2D eigenvalue weighted by Gasteiger charge is -2.02. The minimum absolute atomic E-state index is 0. The largest absolute Gasteiger partial charge is 0.341 e. The lowest BCUT2D eigenvalue weighted by atomic mass is 10.1. The summed E-state index contributed by atoms with van der Waals surface area (Å²) in [7, 11) is 0. The van der Waals surface area contributed by atoms with Crippen LogP contribution in [0.3, 0.4) is 0 Å². The Kier molecular flexibility index (Phi) is 2.43. The van der Waals surface area contributed by atoms with Crippen LogP contribution in [0.15, 0.2) is 47.6 Å². The molecule has 0 fully saturated rings. The molecule has 0 N–H and O–H groups in total. The molecule has 0 saturated heterocycles. The molecule has 1 aromatic heterocycles. The lowest BCUT2D eigenvalue weighted by Crippen LogP contribution is -1.92. The minimum atomic E-state index is 0. The van der Waals surface area contributed by atoms with Gasteiger partial charge in [0.1, 0.15) is 0 Å². The third-order valence-corrected chi connectivity index (χ3v) is 3.23. The van der Waals surface area contributed by atoms with Crippen molar-refractivity contribution >= 4 is 27.5 Å². The van der Waals surface area contributed by atoms with Crippen LogP contribution in [0, 0.1) is 0 Å². The van der Waals surface area contributed by atoms with Crippen LogP contribution in [-0.4, -0.2) is 4.57 Å². The molecule has 0 unspecified atom stereocenters. The van der Waals surface area contributed by atoms with Crippen molar-refractivity contribution in [1.29, 1.82) is 0 Å². The molecular formula is C14H16N4. The topological polar surface area (TPSA) is 53.7 Å². The van der Waals surface area contributed by atoms with E-state index in [1.807, 2.05) is 30.3 Å². The fourth-order valence-electron chi connectivity index (χ4n) is 2.50. The van der Waals surface area contributed by atoms with Gasteiger partial charge < -0.3 is 4.57 Å². The van der Waals surface area contributed by atoms with Crippen molar-refractivity contribution in [3.8, 4) is 0 Å². The molecule has 4 heteroatoms. The molecule has 3 rings (SSSR count). The number of aromatic nitrogens is 1. The van der Waals surface area contributed by atoms with Crippen molar-refractivity contribution in [2.24, 2.45) is 5.11 Å². The summed E-state index contributed by atoms with van der Waals surface area (Å²) in [5, 5.41) is 6.00. The Morgan fingerprint density at radius 3 is 2.72 bits per heavy atom. The van der Waals surface area contributed by atoms with Gasteiger partial charge in [0, 0.05) is 41.8 Å². The van der Waals surface area contributed by atoms with Gasteiger partial charge in [0.15, 0.2) is 0 Å². The number of hydrogen-bond donors (Lipinski definition) is 0. The summed E-state index contributed by atoms with van der Waals surface area (Å²) in [5.74, 6) is 0. The normalized spacial score (nSPS) is 10.7. The van der Waals surface area contributed by atoms with E-state index in [2.05, 4.69) is 33.6 Å². The second-order valence-electron chi connectivity index (χ2n) is 4.15. The van der Waals surface area contributed by atoms with Crippen LogP contribution in [0.1, 0.15) is 9.78 Å². The highest BCUT2D eigenvalue weighted by molar-refractivity contribution is 6.08. The van der Waals surface area contributed by atoms with Gasteiger partial charge in [0.05, 0.1) is 0 Å². The molecule has 0 amide bonds. The summed E-state index contributed by atoms with van der Waals surface area (Å²) < 4.78 is 2.27. The Bertz CT molecular complexity index is 788. The second kappa shape index (κ2) is 4.09. The lowest BCUT2D eigenvalue weighted by molar-refractivity contribution is 0.827. The average molecular weight is 240 g/mol. The van der Waals surface area contributed by atoms with Crippen molar-refractivity contribution in [3.63, 3.8) is 0 Å². The Morgan fingerprint density at radius 2 is 1.94 bits per heavy atom. The van der Waals surface area contributed by atoms with Gasteiger partial charge in [-0.15, -0.1) is 0 Å². The summed E-state index contributed by atoms with van der Waals surface area (Å²) in [6.07, 6.45) is 0. The predicted octanol–water partition coefficient (Wildman–Crippen LogP) is 5.25. The monoisotopic (exact) mass is 240 g/mol. The number of rotatable bonds is 2. The second-order valence-corrected chi connectivity index (χ2v) is 4.15. The van der Waals surface area contributed by atoms with E-state index in [1.165, 1.54) is 16.4 Å². The molecule has 92 valence electrons. The molecule has 0 saturated carbocycles. The van der Waals surface area contributed by atoms with Crippen LogP contribution in [0.25, 0.3) is 32.2 Å². The van der Waals surface area contributed by atoms with Gasteiger partial charge >= 0.3 is 0 Å². The van der Waals surface area contributed by atoms with Gasteiger partial charge in [-0.05, 0) is 30.7 Å². The van der Waals surface area contributed by atoms with E-state index in [0.717, 1.165) is 11.9 Å². The third-order valence-electron chi connectivity index (χ3n) is 3.23. The first kappa shape index (κ1) is 10.7. The first-order valence-corrected chi connectivity index (χ1v) is 5.91. The zero-order valence-electron chi connectivity index (χ0n) is 10.0. The van der Waals surface area contributed by atoms with Crippen LogP contribution in [0.2, 0.25) is 0 Å². The average Bonchev–Trinajstić information content (AvgIpc) is 2.72. The van der Waals surface area contributed by atoms with Gasteiger partial charge in [0.2, 0.25) is 0 Å². The van der Waals surface area contributed by atoms with Crippen LogP contribution in [0.5, 0.6) is 0 Å². The summed E-state index contributed by atoms with van der Waals surface area (Å²) in [6.45, 7) is 3.05. The zero-order chi connectivity index (χ0) is 12.5. The van der Waals surface area contributed by atoms with Gasteiger partial charge in [-0.2, -0.15) is 0 Å². The first-order chi connectivity index (χ1) is 8.85. The highest BCUT2D eigenvalue weighted by Gasteiger charge is 2.08. The van der Waals surface area contributed by atoms with Crippen LogP contribution < -0.4 is 0 Å². The molecule has 1 heterocycles. The highest BCUT2D eigenvalue weighted by Crippen LogP contribution is 2.31. The number of para-hydroxylation sites is 1. The molecule has 18 heavy (non-hydrogen) atoms. The van der Waals surface area contributed by atoms with Crippen molar-refractivity contribution in [2.45, 2.75) is 13.5 Å². The molecule has 0 atom stereocenters. The molecule has 0 aliphatic rings. The van der Waals surface area contributed by atoms with Crippen molar-refractivity contribution < 1.29 is 2.85 Å². The van der Waals surface area contributed by atoms with E-state index < -0.39 is 0 Å². The van der Waals surface area contributed by atoms with Gasteiger partial charge in [-0.25, -0.2) is 0 Å². The molecule has 0 bridgehead atoms. The number of azide groups is 1.